The fourth-order valence-electron chi connectivity index (χ4n) is 2.21. The van der Waals surface area contributed by atoms with E-state index in [4.69, 9.17) is 0 Å². The Labute approximate surface area is 117 Å². The third kappa shape index (κ3) is 3.26. The Kier molecular flexibility index (Phi) is 4.56. The summed E-state index contributed by atoms with van der Waals surface area (Å²) in [5, 5.41) is 6.98. The van der Waals surface area contributed by atoms with Crippen LogP contribution in [0.2, 0.25) is 0 Å². The maximum Gasteiger partial charge on any atom is 0.346 e. The van der Waals surface area contributed by atoms with Crippen LogP contribution >= 0.6 is 0 Å². The molecule has 0 aliphatic carbocycles. The Morgan fingerprint density at radius 1 is 1.10 bits per heavy atom. The second-order valence-electron chi connectivity index (χ2n) is 5.19. The van der Waals surface area contributed by atoms with Gasteiger partial charge in [0.1, 0.15) is 0 Å². The minimum Gasteiger partial charge on any atom is -0.363 e. The Hall–Kier alpha value is -1.67. The van der Waals surface area contributed by atoms with Gasteiger partial charge in [0.05, 0.1) is 0 Å². The predicted molar refractivity (Wildman–Crippen MR) is 77.1 cm³/mol. The first kappa shape index (κ1) is 14.7. The molecule has 8 nitrogen and oxygen atoms in total. The molecule has 1 aliphatic heterocycles. The van der Waals surface area contributed by atoms with Crippen LogP contribution in [0.1, 0.15) is 0 Å². The zero-order valence-corrected chi connectivity index (χ0v) is 12.3. The molecule has 1 aromatic heterocycles. The number of piperazine rings is 1. The minimum atomic E-state index is -0.417. The van der Waals surface area contributed by atoms with Gasteiger partial charge in [0.25, 0.3) is 5.56 Å². The second kappa shape index (κ2) is 6.19. The zero-order chi connectivity index (χ0) is 14.7. The van der Waals surface area contributed by atoms with Crippen molar-refractivity contribution in [1.82, 2.24) is 24.1 Å². The molecule has 0 atom stereocenters. The first-order chi connectivity index (χ1) is 9.49. The standard InChI is InChI=1S/C12H22N6O2/c1-15-6-8-18(9-7-15)5-4-13-10-11(19)16(2)12(20)17(3)14-10/h4-9H2,1-3H3,(H,13,14). The summed E-state index contributed by atoms with van der Waals surface area (Å²) in [5.74, 6) is 0.226. The average molecular weight is 282 g/mol. The summed E-state index contributed by atoms with van der Waals surface area (Å²) in [5.41, 5.74) is -0.800. The van der Waals surface area contributed by atoms with Gasteiger partial charge in [-0.2, -0.15) is 0 Å². The lowest BCUT2D eigenvalue weighted by atomic mass is 10.3. The van der Waals surface area contributed by atoms with Crippen molar-refractivity contribution in [2.75, 3.05) is 51.6 Å². The van der Waals surface area contributed by atoms with Gasteiger partial charge in [-0.15, -0.1) is 5.10 Å². The summed E-state index contributed by atoms with van der Waals surface area (Å²) in [4.78, 5) is 28.0. The summed E-state index contributed by atoms with van der Waals surface area (Å²) < 4.78 is 2.23. The molecule has 8 heteroatoms. The molecule has 1 N–H and O–H groups in total. The van der Waals surface area contributed by atoms with E-state index in [2.05, 4.69) is 27.3 Å². The summed E-state index contributed by atoms with van der Waals surface area (Å²) in [6, 6.07) is 0. The van der Waals surface area contributed by atoms with Gasteiger partial charge in [0.15, 0.2) is 0 Å². The van der Waals surface area contributed by atoms with Crippen molar-refractivity contribution in [3.05, 3.63) is 20.8 Å². The van der Waals surface area contributed by atoms with Crippen LogP contribution in [0.4, 0.5) is 5.82 Å². The third-order valence-corrected chi connectivity index (χ3v) is 3.64. The highest BCUT2D eigenvalue weighted by molar-refractivity contribution is 5.29. The quantitative estimate of drug-likeness (QED) is 0.698. The van der Waals surface area contributed by atoms with Gasteiger partial charge in [0, 0.05) is 53.4 Å². The Morgan fingerprint density at radius 2 is 1.75 bits per heavy atom. The molecule has 1 saturated heterocycles. The molecular formula is C12H22N6O2. The lowest BCUT2D eigenvalue weighted by Crippen LogP contribution is -2.46. The second-order valence-corrected chi connectivity index (χ2v) is 5.19. The lowest BCUT2D eigenvalue weighted by molar-refractivity contribution is 0.158. The molecule has 0 saturated carbocycles. The van der Waals surface area contributed by atoms with Crippen LogP contribution in [-0.2, 0) is 14.1 Å². The number of anilines is 1. The van der Waals surface area contributed by atoms with E-state index in [1.165, 1.54) is 18.8 Å². The molecule has 2 heterocycles. The van der Waals surface area contributed by atoms with Crippen molar-refractivity contribution < 1.29 is 0 Å². The SMILES string of the molecule is CN1CCN(CCNc2nn(C)c(=O)n(C)c2=O)CC1. The fraction of sp³-hybridized carbons (Fsp3) is 0.750. The number of rotatable bonds is 4. The van der Waals surface area contributed by atoms with Gasteiger partial charge in [-0.25, -0.2) is 9.48 Å². The molecule has 0 unspecified atom stereocenters. The first-order valence-corrected chi connectivity index (χ1v) is 6.78. The molecule has 20 heavy (non-hydrogen) atoms. The molecule has 0 spiro atoms. The summed E-state index contributed by atoms with van der Waals surface area (Å²) in [7, 11) is 5.11. The molecule has 1 aromatic rings. The smallest absolute Gasteiger partial charge is 0.346 e. The largest absolute Gasteiger partial charge is 0.363 e. The molecule has 112 valence electrons. The zero-order valence-electron chi connectivity index (χ0n) is 12.3. The maximum atomic E-state index is 11.9. The van der Waals surface area contributed by atoms with Crippen LogP contribution in [0.15, 0.2) is 9.59 Å². The maximum absolute atomic E-state index is 11.9. The number of hydrogen-bond acceptors (Lipinski definition) is 6. The van der Waals surface area contributed by atoms with Crippen LogP contribution in [-0.4, -0.2) is 70.5 Å². The van der Waals surface area contributed by atoms with Crippen LogP contribution in [0, 0.1) is 0 Å². The van der Waals surface area contributed by atoms with E-state index in [1.807, 2.05) is 0 Å². The molecule has 0 radical (unpaired) electrons. The lowest BCUT2D eigenvalue weighted by Gasteiger charge is -2.32. The Morgan fingerprint density at radius 3 is 2.40 bits per heavy atom. The van der Waals surface area contributed by atoms with E-state index in [0.717, 1.165) is 37.3 Å². The number of nitrogens with one attached hydrogen (secondary N) is 1. The highest BCUT2D eigenvalue weighted by Gasteiger charge is 2.13. The molecule has 0 bridgehead atoms. The van der Waals surface area contributed by atoms with Gasteiger partial charge >= 0.3 is 5.69 Å². The molecule has 2 rings (SSSR count). The van der Waals surface area contributed by atoms with Crippen molar-refractivity contribution in [2.24, 2.45) is 14.1 Å². The molecule has 1 fully saturated rings. The van der Waals surface area contributed by atoms with E-state index in [0.29, 0.717) is 6.54 Å². The monoisotopic (exact) mass is 282 g/mol. The van der Waals surface area contributed by atoms with E-state index in [-0.39, 0.29) is 11.4 Å². The molecular weight excluding hydrogens is 260 g/mol. The van der Waals surface area contributed by atoms with E-state index in [9.17, 15) is 9.59 Å². The van der Waals surface area contributed by atoms with Crippen molar-refractivity contribution in [3.63, 3.8) is 0 Å². The van der Waals surface area contributed by atoms with E-state index in [1.54, 1.807) is 0 Å². The Balaban J connectivity index is 1.92. The van der Waals surface area contributed by atoms with Crippen LogP contribution < -0.4 is 16.6 Å². The van der Waals surface area contributed by atoms with Crippen molar-refractivity contribution in [2.45, 2.75) is 0 Å². The normalized spacial score (nSPS) is 17.4. The molecule has 1 aliphatic rings. The van der Waals surface area contributed by atoms with Crippen LogP contribution in [0.3, 0.4) is 0 Å². The summed E-state index contributed by atoms with van der Waals surface area (Å²) >= 11 is 0. The van der Waals surface area contributed by atoms with E-state index < -0.39 is 5.69 Å². The molecule has 0 aromatic carbocycles. The average Bonchev–Trinajstić information content (AvgIpc) is 2.44. The number of hydrogen-bond donors (Lipinski definition) is 1. The van der Waals surface area contributed by atoms with Crippen molar-refractivity contribution in [1.29, 1.82) is 0 Å². The highest BCUT2D eigenvalue weighted by Crippen LogP contribution is 1.98. The topological polar surface area (TPSA) is 75.4 Å². The van der Waals surface area contributed by atoms with Gasteiger partial charge in [-0.05, 0) is 7.05 Å². The highest BCUT2D eigenvalue weighted by atomic mass is 16.2. The van der Waals surface area contributed by atoms with Gasteiger partial charge < -0.3 is 10.2 Å². The van der Waals surface area contributed by atoms with E-state index >= 15 is 0 Å². The van der Waals surface area contributed by atoms with Gasteiger partial charge in [0.2, 0.25) is 5.82 Å². The van der Waals surface area contributed by atoms with Crippen molar-refractivity contribution >= 4 is 5.82 Å². The van der Waals surface area contributed by atoms with Crippen molar-refractivity contribution in [3.8, 4) is 0 Å². The summed E-state index contributed by atoms with van der Waals surface area (Å²) in [6.45, 7) is 5.72. The third-order valence-electron chi connectivity index (χ3n) is 3.64. The van der Waals surface area contributed by atoms with Crippen LogP contribution in [0.25, 0.3) is 0 Å². The Bertz CT molecular complexity index is 570. The first-order valence-electron chi connectivity index (χ1n) is 6.78. The number of aromatic nitrogens is 3. The number of likely N-dealkylation sites (N-methyl/N-ethyl adjacent to an activating group) is 1. The van der Waals surface area contributed by atoms with Gasteiger partial charge in [-0.1, -0.05) is 0 Å². The summed E-state index contributed by atoms with van der Waals surface area (Å²) in [6.07, 6.45) is 0. The fourth-order valence-corrected chi connectivity index (χ4v) is 2.21. The molecule has 0 amide bonds. The number of aryl methyl sites for hydroxylation is 1. The van der Waals surface area contributed by atoms with Gasteiger partial charge in [-0.3, -0.25) is 14.3 Å². The number of nitrogens with zero attached hydrogens (tertiary/aromatic N) is 5. The predicted octanol–water partition coefficient (Wildman–Crippen LogP) is -1.86. The van der Waals surface area contributed by atoms with Crippen LogP contribution in [0.5, 0.6) is 0 Å². The minimum absolute atomic E-state index is 0.226.